The Morgan fingerprint density at radius 2 is 0.844 bits per heavy atom. The molecule has 3 aromatic rings. The van der Waals surface area contributed by atoms with E-state index in [1.54, 1.807) is 12.1 Å². The predicted octanol–water partition coefficient (Wildman–Crippen LogP) is 6.79. The summed E-state index contributed by atoms with van der Waals surface area (Å²) < 4.78 is 0. The van der Waals surface area contributed by atoms with Crippen LogP contribution < -0.4 is 10.6 Å². The molecule has 0 saturated carbocycles. The topological polar surface area (TPSA) is 58.2 Å². The maximum Gasteiger partial charge on any atom is 0.255 e. The monoisotopic (exact) mass is 428 g/mol. The Bertz CT molecular complexity index is 1010. The molecule has 4 nitrogen and oxygen atoms in total. The lowest BCUT2D eigenvalue weighted by atomic mass is 9.86. The number of carbonyl (C=O) groups excluding carboxylic acids is 2. The fraction of sp³-hybridized carbons (Fsp3) is 0.286. The highest BCUT2D eigenvalue weighted by molar-refractivity contribution is 6.10. The molecule has 0 heterocycles. The van der Waals surface area contributed by atoms with Gasteiger partial charge in [-0.05, 0) is 58.4 Å². The third-order valence-electron chi connectivity index (χ3n) is 5.45. The van der Waals surface area contributed by atoms with Crippen LogP contribution in [0.1, 0.15) is 73.4 Å². The summed E-state index contributed by atoms with van der Waals surface area (Å²) in [5.41, 5.74) is 4.62. The van der Waals surface area contributed by atoms with Crippen molar-refractivity contribution < 1.29 is 9.59 Å². The van der Waals surface area contributed by atoms with Crippen LogP contribution in [0.25, 0.3) is 0 Å². The maximum absolute atomic E-state index is 12.8. The molecule has 0 fully saturated rings. The molecule has 0 atom stereocenters. The molecule has 2 N–H and O–H groups in total. The highest BCUT2D eigenvalue weighted by atomic mass is 16.2. The molecular weight excluding hydrogens is 396 g/mol. The highest BCUT2D eigenvalue weighted by Gasteiger charge is 2.17. The second-order valence-corrected chi connectivity index (χ2v) is 10.1. The predicted molar refractivity (Wildman–Crippen MR) is 133 cm³/mol. The van der Waals surface area contributed by atoms with Crippen LogP contribution in [-0.4, -0.2) is 11.8 Å². The van der Waals surface area contributed by atoms with Crippen molar-refractivity contribution in [2.75, 3.05) is 10.6 Å². The summed E-state index contributed by atoms with van der Waals surface area (Å²) in [4.78, 5) is 25.6. The molecule has 0 saturated heterocycles. The fourth-order valence-electron chi connectivity index (χ4n) is 3.33. The van der Waals surface area contributed by atoms with E-state index in [0.29, 0.717) is 22.5 Å². The van der Waals surface area contributed by atoms with Crippen molar-refractivity contribution in [3.8, 4) is 0 Å². The van der Waals surface area contributed by atoms with Crippen LogP contribution >= 0.6 is 0 Å². The van der Waals surface area contributed by atoms with Gasteiger partial charge in [-0.3, -0.25) is 9.59 Å². The quantitative estimate of drug-likeness (QED) is 0.481. The molecule has 3 aromatic carbocycles. The zero-order valence-electron chi connectivity index (χ0n) is 19.7. The van der Waals surface area contributed by atoms with Gasteiger partial charge in [-0.1, -0.05) is 77.9 Å². The first-order valence-corrected chi connectivity index (χ1v) is 10.9. The van der Waals surface area contributed by atoms with Crippen molar-refractivity contribution in [1.29, 1.82) is 0 Å². The van der Waals surface area contributed by atoms with E-state index in [2.05, 4.69) is 52.2 Å². The number of rotatable bonds is 4. The first kappa shape index (κ1) is 23.3. The minimum Gasteiger partial charge on any atom is -0.320 e. The Kier molecular flexibility index (Phi) is 6.54. The number of carbonyl (C=O) groups is 2. The van der Waals surface area contributed by atoms with Gasteiger partial charge in [-0.15, -0.1) is 0 Å². The zero-order valence-corrected chi connectivity index (χ0v) is 19.7. The number of benzene rings is 3. The van der Waals surface area contributed by atoms with Crippen LogP contribution in [0.15, 0.2) is 72.8 Å². The zero-order chi connectivity index (χ0) is 23.5. The van der Waals surface area contributed by atoms with Crippen LogP contribution in [0, 0.1) is 0 Å². The molecule has 0 spiro atoms. The molecule has 0 unspecified atom stereocenters. The summed E-state index contributed by atoms with van der Waals surface area (Å²) in [6, 6.07) is 22.4. The SMILES string of the molecule is CC(C)(C)c1ccc(C(=O)Nc2ccccc2NC(=O)c2ccc(C(C)(C)C)cc2)cc1. The fourth-order valence-corrected chi connectivity index (χ4v) is 3.33. The van der Waals surface area contributed by atoms with Crippen LogP contribution in [0.5, 0.6) is 0 Å². The van der Waals surface area contributed by atoms with E-state index < -0.39 is 0 Å². The second-order valence-electron chi connectivity index (χ2n) is 10.1. The van der Waals surface area contributed by atoms with E-state index >= 15 is 0 Å². The van der Waals surface area contributed by atoms with Crippen molar-refractivity contribution in [1.82, 2.24) is 0 Å². The van der Waals surface area contributed by atoms with Gasteiger partial charge >= 0.3 is 0 Å². The Labute approximate surface area is 191 Å². The Morgan fingerprint density at radius 1 is 0.531 bits per heavy atom. The molecule has 2 amide bonds. The summed E-state index contributed by atoms with van der Waals surface area (Å²) >= 11 is 0. The molecule has 4 heteroatoms. The van der Waals surface area contributed by atoms with E-state index in [0.717, 1.165) is 0 Å². The van der Waals surface area contributed by atoms with E-state index in [1.807, 2.05) is 60.7 Å². The van der Waals surface area contributed by atoms with E-state index in [4.69, 9.17) is 0 Å². The Balaban J connectivity index is 1.74. The molecule has 166 valence electrons. The van der Waals surface area contributed by atoms with E-state index in [-0.39, 0.29) is 22.6 Å². The minimum absolute atomic E-state index is 0.0248. The van der Waals surface area contributed by atoms with Gasteiger partial charge in [0.15, 0.2) is 0 Å². The average Bonchev–Trinajstić information content (AvgIpc) is 2.74. The molecule has 0 aromatic heterocycles. The summed E-state index contributed by atoms with van der Waals surface area (Å²) in [6.45, 7) is 12.8. The van der Waals surface area contributed by atoms with Crippen molar-refractivity contribution in [3.63, 3.8) is 0 Å². The summed E-state index contributed by atoms with van der Waals surface area (Å²) in [5, 5.41) is 5.83. The van der Waals surface area contributed by atoms with Gasteiger partial charge in [0.25, 0.3) is 11.8 Å². The Hall–Kier alpha value is -3.40. The van der Waals surface area contributed by atoms with Crippen LogP contribution in [0.3, 0.4) is 0 Å². The molecule has 0 bridgehead atoms. The summed E-state index contributed by atoms with van der Waals surface area (Å²) in [6.07, 6.45) is 0. The first-order valence-electron chi connectivity index (χ1n) is 10.9. The van der Waals surface area contributed by atoms with Crippen molar-refractivity contribution >= 4 is 23.2 Å². The number of para-hydroxylation sites is 2. The molecule has 32 heavy (non-hydrogen) atoms. The van der Waals surface area contributed by atoms with E-state index in [9.17, 15) is 9.59 Å². The van der Waals surface area contributed by atoms with Crippen LogP contribution in [-0.2, 0) is 10.8 Å². The van der Waals surface area contributed by atoms with Gasteiger partial charge in [0.2, 0.25) is 0 Å². The van der Waals surface area contributed by atoms with Gasteiger partial charge in [-0.2, -0.15) is 0 Å². The van der Waals surface area contributed by atoms with Crippen molar-refractivity contribution in [3.05, 3.63) is 95.1 Å². The molecule has 3 rings (SSSR count). The first-order chi connectivity index (χ1) is 14.9. The number of hydrogen-bond donors (Lipinski definition) is 2. The number of anilines is 2. The molecule has 0 aliphatic carbocycles. The Morgan fingerprint density at radius 3 is 1.12 bits per heavy atom. The van der Waals surface area contributed by atoms with Gasteiger partial charge < -0.3 is 10.6 Å². The van der Waals surface area contributed by atoms with E-state index in [1.165, 1.54) is 11.1 Å². The normalized spacial score (nSPS) is 11.7. The van der Waals surface area contributed by atoms with Crippen molar-refractivity contribution in [2.24, 2.45) is 0 Å². The lowest BCUT2D eigenvalue weighted by Gasteiger charge is -2.19. The molecule has 0 radical (unpaired) electrons. The maximum atomic E-state index is 12.8. The van der Waals surface area contributed by atoms with Gasteiger partial charge in [0.05, 0.1) is 11.4 Å². The summed E-state index contributed by atoms with van der Waals surface area (Å²) in [5.74, 6) is -0.441. The lowest BCUT2D eigenvalue weighted by Crippen LogP contribution is -2.17. The lowest BCUT2D eigenvalue weighted by molar-refractivity contribution is 0.101. The molecular formula is C28H32N2O2. The van der Waals surface area contributed by atoms with Crippen LogP contribution in [0.4, 0.5) is 11.4 Å². The van der Waals surface area contributed by atoms with Gasteiger partial charge in [0, 0.05) is 11.1 Å². The van der Waals surface area contributed by atoms with Gasteiger partial charge in [0.1, 0.15) is 0 Å². The number of nitrogens with one attached hydrogen (secondary N) is 2. The average molecular weight is 429 g/mol. The van der Waals surface area contributed by atoms with Gasteiger partial charge in [-0.25, -0.2) is 0 Å². The second kappa shape index (κ2) is 8.99. The largest absolute Gasteiger partial charge is 0.320 e. The molecule has 0 aliphatic rings. The number of amides is 2. The minimum atomic E-state index is -0.221. The van der Waals surface area contributed by atoms with Crippen molar-refractivity contribution in [2.45, 2.75) is 52.4 Å². The third-order valence-corrected chi connectivity index (χ3v) is 5.45. The standard InChI is InChI=1S/C28H32N2O2/c1-27(2,3)21-15-11-19(12-16-21)25(31)29-23-9-7-8-10-24(23)30-26(32)20-13-17-22(18-14-20)28(4,5)6/h7-18H,1-6H3,(H,29,31)(H,30,32). The smallest absolute Gasteiger partial charge is 0.255 e. The molecule has 0 aliphatic heterocycles. The number of hydrogen-bond acceptors (Lipinski definition) is 2. The highest BCUT2D eigenvalue weighted by Crippen LogP contribution is 2.26. The third kappa shape index (κ3) is 5.64. The summed E-state index contributed by atoms with van der Waals surface area (Å²) in [7, 11) is 0. The van der Waals surface area contributed by atoms with Crippen LogP contribution in [0.2, 0.25) is 0 Å².